The molecule has 0 spiro atoms. The summed E-state index contributed by atoms with van der Waals surface area (Å²) in [4.78, 5) is 12.0. The van der Waals surface area contributed by atoms with Crippen molar-refractivity contribution in [2.24, 2.45) is 5.92 Å². The molecule has 0 unspecified atom stereocenters. The first kappa shape index (κ1) is 12.1. The molecule has 1 aliphatic rings. The number of amides is 1. The third-order valence-electron chi connectivity index (χ3n) is 3.08. The first-order valence-corrected chi connectivity index (χ1v) is 6.23. The molecule has 5 heteroatoms. The minimum atomic E-state index is 0.0827. The third-order valence-corrected chi connectivity index (χ3v) is 3.08. The van der Waals surface area contributed by atoms with Gasteiger partial charge in [0.1, 0.15) is 5.82 Å². The number of aromatic nitrogens is 2. The topological polar surface area (TPSA) is 59.0 Å². The smallest absolute Gasteiger partial charge is 0.229 e. The zero-order valence-corrected chi connectivity index (χ0v) is 10.4. The molecule has 0 bridgehead atoms. The van der Waals surface area contributed by atoms with Gasteiger partial charge in [-0.25, -0.2) is 4.68 Å². The highest BCUT2D eigenvalue weighted by atomic mass is 16.2. The van der Waals surface area contributed by atoms with Crippen molar-refractivity contribution in [2.75, 3.05) is 18.4 Å². The highest BCUT2D eigenvalue weighted by Gasteiger charge is 2.21. The highest BCUT2D eigenvalue weighted by Crippen LogP contribution is 2.16. The van der Waals surface area contributed by atoms with Crippen molar-refractivity contribution in [3.8, 4) is 0 Å². The zero-order chi connectivity index (χ0) is 12.3. The summed E-state index contributed by atoms with van der Waals surface area (Å²) in [5, 5.41) is 10.4. The van der Waals surface area contributed by atoms with Crippen molar-refractivity contribution in [3.63, 3.8) is 0 Å². The van der Waals surface area contributed by atoms with E-state index in [4.69, 9.17) is 0 Å². The first-order valence-electron chi connectivity index (χ1n) is 6.23. The van der Waals surface area contributed by atoms with Crippen LogP contribution in [0.15, 0.2) is 12.3 Å². The molecule has 0 aliphatic carbocycles. The van der Waals surface area contributed by atoms with Gasteiger partial charge in [-0.3, -0.25) is 4.79 Å². The predicted octanol–water partition coefficient (Wildman–Crippen LogP) is 1.40. The Labute approximate surface area is 102 Å². The van der Waals surface area contributed by atoms with Crippen LogP contribution in [0.4, 0.5) is 5.82 Å². The number of carbonyl (C=O) groups is 1. The second-order valence-corrected chi connectivity index (χ2v) is 4.79. The first-order chi connectivity index (χ1) is 8.18. The Morgan fingerprint density at radius 3 is 3.12 bits per heavy atom. The van der Waals surface area contributed by atoms with Gasteiger partial charge in [0.2, 0.25) is 5.91 Å². The molecule has 1 atom stereocenters. The third kappa shape index (κ3) is 2.85. The second-order valence-electron chi connectivity index (χ2n) is 4.79. The van der Waals surface area contributed by atoms with Gasteiger partial charge >= 0.3 is 0 Å². The largest absolute Gasteiger partial charge is 0.316 e. The Morgan fingerprint density at radius 2 is 2.47 bits per heavy atom. The average molecular weight is 236 g/mol. The van der Waals surface area contributed by atoms with E-state index in [0.29, 0.717) is 0 Å². The summed E-state index contributed by atoms with van der Waals surface area (Å²) in [6.07, 6.45) is 3.75. The molecule has 94 valence electrons. The van der Waals surface area contributed by atoms with E-state index in [-0.39, 0.29) is 17.9 Å². The summed E-state index contributed by atoms with van der Waals surface area (Å²) in [6.45, 7) is 5.89. The fraction of sp³-hybridized carbons (Fsp3) is 0.667. The molecule has 2 heterocycles. The number of rotatable bonds is 3. The van der Waals surface area contributed by atoms with Crippen LogP contribution in [0.2, 0.25) is 0 Å². The van der Waals surface area contributed by atoms with Crippen LogP contribution in [0.3, 0.4) is 0 Å². The monoisotopic (exact) mass is 236 g/mol. The van der Waals surface area contributed by atoms with Gasteiger partial charge in [-0.1, -0.05) is 0 Å². The molecule has 1 aromatic heterocycles. The molecule has 0 radical (unpaired) electrons. The molecule has 1 fully saturated rings. The number of nitrogens with zero attached hydrogens (tertiary/aromatic N) is 2. The molecule has 2 rings (SSSR count). The number of piperidine rings is 1. The summed E-state index contributed by atoms with van der Waals surface area (Å²) in [5.74, 6) is 0.967. The van der Waals surface area contributed by atoms with Crippen LogP contribution in [0.1, 0.15) is 32.7 Å². The molecular weight excluding hydrogens is 216 g/mol. The van der Waals surface area contributed by atoms with Crippen molar-refractivity contribution in [3.05, 3.63) is 12.3 Å². The van der Waals surface area contributed by atoms with Crippen LogP contribution in [-0.4, -0.2) is 28.8 Å². The number of nitrogens with one attached hydrogen (secondary N) is 2. The van der Waals surface area contributed by atoms with Crippen molar-refractivity contribution < 1.29 is 4.79 Å². The second kappa shape index (κ2) is 5.31. The lowest BCUT2D eigenvalue weighted by Crippen LogP contribution is -2.37. The number of hydrogen-bond acceptors (Lipinski definition) is 3. The van der Waals surface area contributed by atoms with Crippen LogP contribution < -0.4 is 10.6 Å². The maximum atomic E-state index is 12.0. The standard InChI is InChI=1S/C12H20N4O/c1-9(2)16-11(5-7-14-16)15-12(17)10-4-3-6-13-8-10/h5,7,9-10,13H,3-4,6,8H2,1-2H3,(H,15,17)/t10-/m0/s1. The number of anilines is 1. The van der Waals surface area contributed by atoms with Gasteiger partial charge in [-0.05, 0) is 33.2 Å². The molecule has 1 aromatic rings. The summed E-state index contributed by atoms with van der Waals surface area (Å²) < 4.78 is 1.83. The maximum absolute atomic E-state index is 12.0. The fourth-order valence-corrected chi connectivity index (χ4v) is 2.13. The zero-order valence-electron chi connectivity index (χ0n) is 10.4. The Balaban J connectivity index is 1.99. The lowest BCUT2D eigenvalue weighted by atomic mass is 9.99. The van der Waals surface area contributed by atoms with Crippen LogP contribution in [0, 0.1) is 5.92 Å². The highest BCUT2D eigenvalue weighted by molar-refractivity contribution is 5.92. The van der Waals surface area contributed by atoms with E-state index in [1.54, 1.807) is 6.20 Å². The summed E-state index contributed by atoms with van der Waals surface area (Å²) >= 11 is 0. The van der Waals surface area contributed by atoms with Gasteiger partial charge in [0.25, 0.3) is 0 Å². The van der Waals surface area contributed by atoms with Crippen LogP contribution in [0.5, 0.6) is 0 Å². The van der Waals surface area contributed by atoms with Gasteiger partial charge < -0.3 is 10.6 Å². The summed E-state index contributed by atoms with van der Waals surface area (Å²) in [5.41, 5.74) is 0. The van der Waals surface area contributed by atoms with Crippen molar-refractivity contribution in [1.29, 1.82) is 0 Å². The van der Waals surface area contributed by atoms with Gasteiger partial charge in [-0.15, -0.1) is 0 Å². The fourth-order valence-electron chi connectivity index (χ4n) is 2.13. The van der Waals surface area contributed by atoms with E-state index < -0.39 is 0 Å². The average Bonchev–Trinajstić information content (AvgIpc) is 2.78. The lowest BCUT2D eigenvalue weighted by Gasteiger charge is -2.22. The quantitative estimate of drug-likeness (QED) is 0.834. The summed E-state index contributed by atoms with van der Waals surface area (Å²) in [7, 11) is 0. The van der Waals surface area contributed by atoms with Gasteiger partial charge in [0.15, 0.2) is 0 Å². The number of carbonyl (C=O) groups excluding carboxylic acids is 1. The Kier molecular flexibility index (Phi) is 3.78. The van der Waals surface area contributed by atoms with Crippen LogP contribution >= 0.6 is 0 Å². The van der Waals surface area contributed by atoms with Crippen LogP contribution in [0.25, 0.3) is 0 Å². The van der Waals surface area contributed by atoms with Crippen molar-refractivity contribution >= 4 is 11.7 Å². The minimum Gasteiger partial charge on any atom is -0.316 e. The Morgan fingerprint density at radius 1 is 1.65 bits per heavy atom. The molecule has 1 amide bonds. The molecular formula is C12H20N4O. The van der Waals surface area contributed by atoms with Gasteiger partial charge in [-0.2, -0.15) is 5.10 Å². The normalized spacial score (nSPS) is 20.5. The number of hydrogen-bond donors (Lipinski definition) is 2. The molecule has 0 saturated carbocycles. The molecule has 2 N–H and O–H groups in total. The molecule has 1 saturated heterocycles. The molecule has 0 aromatic carbocycles. The molecule has 1 aliphatic heterocycles. The molecule has 5 nitrogen and oxygen atoms in total. The van der Waals surface area contributed by atoms with E-state index in [1.807, 2.05) is 24.6 Å². The van der Waals surface area contributed by atoms with E-state index in [9.17, 15) is 4.79 Å². The van der Waals surface area contributed by atoms with E-state index in [2.05, 4.69) is 15.7 Å². The SMILES string of the molecule is CC(C)n1nccc1NC(=O)[C@H]1CCCNC1. The Hall–Kier alpha value is -1.36. The van der Waals surface area contributed by atoms with Crippen molar-refractivity contribution in [1.82, 2.24) is 15.1 Å². The Bertz CT molecular complexity index is 380. The van der Waals surface area contributed by atoms with Crippen molar-refractivity contribution in [2.45, 2.75) is 32.7 Å². The molecule has 17 heavy (non-hydrogen) atoms. The van der Waals surface area contributed by atoms with E-state index in [1.165, 1.54) is 0 Å². The van der Waals surface area contributed by atoms with E-state index >= 15 is 0 Å². The van der Waals surface area contributed by atoms with Gasteiger partial charge in [0.05, 0.1) is 12.1 Å². The predicted molar refractivity (Wildman–Crippen MR) is 66.8 cm³/mol. The maximum Gasteiger partial charge on any atom is 0.229 e. The van der Waals surface area contributed by atoms with E-state index in [0.717, 1.165) is 31.7 Å². The lowest BCUT2D eigenvalue weighted by molar-refractivity contribution is -0.120. The minimum absolute atomic E-state index is 0.0827. The van der Waals surface area contributed by atoms with Crippen LogP contribution in [-0.2, 0) is 4.79 Å². The van der Waals surface area contributed by atoms with Gasteiger partial charge in [0, 0.05) is 18.7 Å². The summed E-state index contributed by atoms with van der Waals surface area (Å²) in [6, 6.07) is 2.10.